The lowest BCUT2D eigenvalue weighted by Crippen LogP contribution is -2.13. The highest BCUT2D eigenvalue weighted by molar-refractivity contribution is 7.95. The Hall–Kier alpha value is -1.15. The van der Waals surface area contributed by atoms with Gasteiger partial charge in [-0.1, -0.05) is 0 Å². The van der Waals surface area contributed by atoms with Crippen LogP contribution in [0.5, 0.6) is 0 Å². The summed E-state index contributed by atoms with van der Waals surface area (Å²) < 4.78 is 26.8. The zero-order valence-electron chi connectivity index (χ0n) is 6.02. The molecule has 0 N–H and O–H groups in total. The van der Waals surface area contributed by atoms with Crippen molar-refractivity contribution in [3.05, 3.63) is 10.3 Å². The molecule has 0 aromatic rings. The molecule has 5 nitrogen and oxygen atoms in total. The lowest BCUT2D eigenvalue weighted by Gasteiger charge is -1.96. The first-order valence-corrected chi connectivity index (χ1v) is 4.77. The molecule has 0 aliphatic carbocycles. The highest BCUT2D eigenvalue weighted by Crippen LogP contribution is 2.15. The van der Waals surface area contributed by atoms with E-state index in [-0.39, 0.29) is 11.9 Å². The molecule has 1 heterocycles. The minimum Gasteiger partial charge on any atom is -0.762 e. The van der Waals surface area contributed by atoms with Crippen molar-refractivity contribution in [1.29, 1.82) is 5.26 Å². The van der Waals surface area contributed by atoms with Crippen molar-refractivity contribution < 1.29 is 13.2 Å². The molecule has 1 unspecified atom stereocenters. The van der Waals surface area contributed by atoms with Crippen LogP contribution in [-0.4, -0.2) is 32.8 Å². The lowest BCUT2D eigenvalue weighted by molar-refractivity contribution is 0.423. The molecule has 1 aliphatic heterocycles. The summed E-state index contributed by atoms with van der Waals surface area (Å²) in [4.78, 5) is -0.738. The number of hydrogen-bond acceptors (Lipinski definition) is 4. The average molecular weight is 185 g/mol. The molecule has 1 rings (SSSR count). The van der Waals surface area contributed by atoms with Crippen LogP contribution < -0.4 is 0 Å². The van der Waals surface area contributed by atoms with Gasteiger partial charge >= 0.3 is 0 Å². The fraction of sp³-hybridized carbons (Fsp3) is 0.500. The Labute approximate surface area is 69.7 Å². The van der Waals surface area contributed by atoms with Crippen molar-refractivity contribution in [2.45, 2.75) is 6.10 Å². The van der Waals surface area contributed by atoms with Crippen molar-refractivity contribution in [3.8, 4) is 6.07 Å². The van der Waals surface area contributed by atoms with Gasteiger partial charge < -0.3 is 10.1 Å². The number of epoxide rings is 1. The summed E-state index contributed by atoms with van der Waals surface area (Å²) in [6.07, 6.45) is -0.327. The van der Waals surface area contributed by atoms with Gasteiger partial charge in [-0.2, -0.15) is 5.26 Å². The first-order chi connectivity index (χ1) is 5.60. The summed E-state index contributed by atoms with van der Waals surface area (Å²) in [5, 5.41) is 16.5. The number of allylic oxidation sites excluding steroid dienone is 1. The third-order valence-electron chi connectivity index (χ3n) is 1.32. The maximum absolute atomic E-state index is 11.1. The smallest absolute Gasteiger partial charge is 0.196 e. The molecule has 0 saturated carbocycles. The van der Waals surface area contributed by atoms with Gasteiger partial charge in [0, 0.05) is 0 Å². The molecule has 1 saturated heterocycles. The first-order valence-electron chi connectivity index (χ1n) is 3.11. The van der Waals surface area contributed by atoms with Crippen LogP contribution in [0.25, 0.3) is 5.41 Å². The fourth-order valence-corrected chi connectivity index (χ4v) is 1.78. The molecule has 0 amide bonds. The Morgan fingerprint density at radius 3 is 2.67 bits per heavy atom. The zero-order chi connectivity index (χ0) is 9.19. The van der Waals surface area contributed by atoms with Gasteiger partial charge in [0.15, 0.2) is 14.7 Å². The molecule has 0 aromatic carbocycles. The summed E-state index contributed by atoms with van der Waals surface area (Å²) in [7, 11) is -3.69. The van der Waals surface area contributed by atoms with E-state index in [2.05, 4.69) is 4.74 Å². The maximum atomic E-state index is 11.1. The van der Waals surface area contributed by atoms with Crippen LogP contribution in [0.4, 0.5) is 0 Å². The van der Waals surface area contributed by atoms with Crippen LogP contribution in [0, 0.1) is 11.3 Å². The van der Waals surface area contributed by atoms with E-state index in [4.69, 9.17) is 10.7 Å². The molecule has 1 aliphatic rings. The van der Waals surface area contributed by atoms with Crippen LogP contribution >= 0.6 is 0 Å². The summed E-state index contributed by atoms with van der Waals surface area (Å²) in [6, 6.07) is 1.34. The second-order valence-electron chi connectivity index (χ2n) is 2.29. The van der Waals surface area contributed by atoms with E-state index >= 15 is 0 Å². The van der Waals surface area contributed by atoms with Gasteiger partial charge in [0.1, 0.15) is 6.07 Å². The molecule has 6 heteroatoms. The number of rotatable bonds is 3. The van der Waals surface area contributed by atoms with Crippen molar-refractivity contribution in [2.24, 2.45) is 0 Å². The Morgan fingerprint density at radius 2 is 2.33 bits per heavy atom. The predicted molar refractivity (Wildman–Crippen MR) is 41.0 cm³/mol. The molecule has 12 heavy (non-hydrogen) atoms. The van der Waals surface area contributed by atoms with Gasteiger partial charge in [0.05, 0.1) is 18.5 Å². The molecule has 0 spiro atoms. The van der Waals surface area contributed by atoms with Crippen molar-refractivity contribution in [1.82, 2.24) is 0 Å². The van der Waals surface area contributed by atoms with E-state index < -0.39 is 14.7 Å². The molecule has 0 bridgehead atoms. The largest absolute Gasteiger partial charge is 0.762 e. The Bertz CT molecular complexity index is 368. The molecule has 0 aromatic heterocycles. The summed E-state index contributed by atoms with van der Waals surface area (Å²) >= 11 is 0. The van der Waals surface area contributed by atoms with Crippen LogP contribution in [0.15, 0.2) is 4.91 Å². The van der Waals surface area contributed by atoms with Crippen molar-refractivity contribution >= 4 is 15.7 Å². The van der Waals surface area contributed by atoms with Crippen LogP contribution in [0.3, 0.4) is 0 Å². The van der Waals surface area contributed by atoms with E-state index in [0.29, 0.717) is 6.61 Å². The van der Waals surface area contributed by atoms with Crippen LogP contribution in [0.1, 0.15) is 0 Å². The summed E-state index contributed by atoms with van der Waals surface area (Å²) in [6.45, 7) is 0.392. The van der Waals surface area contributed by atoms with Gasteiger partial charge in [-0.05, 0) is 0 Å². The predicted octanol–water partition coefficient (Wildman–Crippen LogP) is -0.553. The second kappa shape index (κ2) is 3.07. The maximum Gasteiger partial charge on any atom is 0.196 e. The van der Waals surface area contributed by atoms with E-state index in [1.54, 1.807) is 0 Å². The third kappa shape index (κ3) is 1.92. The number of nitrogens with zero attached hydrogens (tertiary/aromatic N) is 2. The van der Waals surface area contributed by atoms with E-state index in [9.17, 15) is 8.42 Å². The molecular formula is C6H5N2O3S-. The molecular weight excluding hydrogens is 180 g/mol. The summed E-state index contributed by atoms with van der Waals surface area (Å²) in [5.41, 5.74) is 0. The molecule has 1 fully saturated rings. The number of ether oxygens (including phenoxy) is 1. The lowest BCUT2D eigenvalue weighted by atomic mass is 10.6. The zero-order valence-corrected chi connectivity index (χ0v) is 6.84. The topological polar surface area (TPSA) is 92.8 Å². The highest BCUT2D eigenvalue weighted by atomic mass is 32.2. The van der Waals surface area contributed by atoms with Crippen molar-refractivity contribution in [3.63, 3.8) is 0 Å². The van der Waals surface area contributed by atoms with Crippen LogP contribution in [0.2, 0.25) is 0 Å². The van der Waals surface area contributed by atoms with Gasteiger partial charge in [0.25, 0.3) is 0 Å². The van der Waals surface area contributed by atoms with Gasteiger partial charge in [-0.3, -0.25) is 0 Å². The molecule has 1 atom stereocenters. The third-order valence-corrected chi connectivity index (χ3v) is 2.94. The van der Waals surface area contributed by atoms with Gasteiger partial charge in [-0.25, -0.2) is 14.3 Å². The van der Waals surface area contributed by atoms with E-state index in [0.717, 1.165) is 0 Å². The van der Waals surface area contributed by atoms with E-state index in [1.807, 2.05) is 0 Å². The molecule has 64 valence electrons. The SMILES string of the molecule is N#CC(=C=[N-])S(=O)(=O)CC1CO1. The monoisotopic (exact) mass is 185 g/mol. The summed E-state index contributed by atoms with van der Waals surface area (Å²) in [5.74, 6) is 1.08. The number of sulfone groups is 1. The Morgan fingerprint density at radius 1 is 1.75 bits per heavy atom. The van der Waals surface area contributed by atoms with Crippen molar-refractivity contribution in [2.75, 3.05) is 12.4 Å². The van der Waals surface area contributed by atoms with Gasteiger partial charge in [0.2, 0.25) is 0 Å². The van der Waals surface area contributed by atoms with Crippen LogP contribution in [-0.2, 0) is 14.6 Å². The first kappa shape index (κ1) is 8.94. The highest BCUT2D eigenvalue weighted by Gasteiger charge is 2.31. The molecule has 0 radical (unpaired) electrons. The minimum atomic E-state index is -3.69. The number of nitriles is 1. The van der Waals surface area contributed by atoms with E-state index in [1.165, 1.54) is 11.9 Å². The Balaban J connectivity index is 2.84. The van der Waals surface area contributed by atoms with Gasteiger partial charge in [-0.15, -0.1) is 0 Å². The fourth-order valence-electron chi connectivity index (χ4n) is 0.656. The average Bonchev–Trinajstić information content (AvgIpc) is 2.72. The minimum absolute atomic E-state index is 0.260. The normalized spacial score (nSPS) is 20.8. The quantitative estimate of drug-likeness (QED) is 0.335. The second-order valence-corrected chi connectivity index (χ2v) is 4.26. The number of hydrogen-bond donors (Lipinski definition) is 0. The Kier molecular flexibility index (Phi) is 2.29. The standard InChI is InChI=1S/C6H5N2O3S/c7-1-6(2-8)12(9,10)4-5-3-11-5/h5H,3-4H2/q-1.